The number of nitrogens with zero attached hydrogens (tertiary/aromatic N) is 1. The molecule has 0 aromatic carbocycles. The largest absolute Gasteiger partial charge is 0.298 e. The lowest BCUT2D eigenvalue weighted by atomic mass is 9.88. The summed E-state index contributed by atoms with van der Waals surface area (Å²) in [5.41, 5.74) is 0. The summed E-state index contributed by atoms with van der Waals surface area (Å²) in [6, 6.07) is 4.64. The van der Waals surface area contributed by atoms with Crippen LogP contribution in [0.5, 0.6) is 0 Å². The van der Waals surface area contributed by atoms with Gasteiger partial charge in [-0.1, -0.05) is 19.3 Å². The monoisotopic (exact) mass is 355 g/mol. The van der Waals surface area contributed by atoms with Gasteiger partial charge in [0.25, 0.3) is 0 Å². The highest BCUT2D eigenvalue weighted by Gasteiger charge is 2.24. The van der Waals surface area contributed by atoms with Crippen LogP contribution >= 0.6 is 11.3 Å². The molecule has 23 heavy (non-hydrogen) atoms. The van der Waals surface area contributed by atoms with Gasteiger partial charge in [0.05, 0.1) is 5.75 Å². The van der Waals surface area contributed by atoms with Crippen molar-refractivity contribution in [2.24, 2.45) is 5.92 Å². The summed E-state index contributed by atoms with van der Waals surface area (Å²) in [5, 5.41) is 0. The van der Waals surface area contributed by atoms with E-state index in [1.807, 2.05) is 11.3 Å². The molecule has 0 N–H and O–H groups in total. The Labute approximate surface area is 145 Å². The maximum Gasteiger partial charge on any atom is 0.147 e. The summed E-state index contributed by atoms with van der Waals surface area (Å²) in [5.74, 6) is 1.46. The molecular formula is C18H29NO2S2. The predicted molar refractivity (Wildman–Crippen MR) is 97.9 cm³/mol. The van der Waals surface area contributed by atoms with E-state index >= 15 is 0 Å². The number of hydrogen-bond acceptors (Lipinski definition) is 4. The first-order chi connectivity index (χ1) is 11.0. The zero-order valence-corrected chi connectivity index (χ0v) is 15.8. The second-order valence-electron chi connectivity index (χ2n) is 7.47. The lowest BCUT2D eigenvalue weighted by Gasteiger charge is -2.32. The zero-order valence-electron chi connectivity index (χ0n) is 14.2. The molecular weight excluding hydrogens is 326 g/mol. The number of rotatable bonds is 5. The van der Waals surface area contributed by atoms with Crippen molar-refractivity contribution in [1.82, 2.24) is 4.90 Å². The average molecular weight is 356 g/mol. The Kier molecular flexibility index (Phi) is 5.81. The first-order valence-electron chi connectivity index (χ1n) is 8.98. The molecule has 130 valence electrons. The van der Waals surface area contributed by atoms with Crippen LogP contribution in [0, 0.1) is 5.92 Å². The van der Waals surface area contributed by atoms with Crippen molar-refractivity contribution < 1.29 is 8.42 Å². The van der Waals surface area contributed by atoms with Crippen LogP contribution in [0.1, 0.15) is 60.6 Å². The van der Waals surface area contributed by atoms with Gasteiger partial charge >= 0.3 is 0 Å². The van der Waals surface area contributed by atoms with Gasteiger partial charge in [0.1, 0.15) is 9.84 Å². The van der Waals surface area contributed by atoms with Crippen molar-refractivity contribution >= 4 is 21.2 Å². The second kappa shape index (κ2) is 7.66. The van der Waals surface area contributed by atoms with Gasteiger partial charge in [-0.2, -0.15) is 0 Å². The highest BCUT2D eigenvalue weighted by atomic mass is 32.2. The van der Waals surface area contributed by atoms with Crippen LogP contribution in [0.3, 0.4) is 0 Å². The molecule has 2 aliphatic rings. The fourth-order valence-electron chi connectivity index (χ4n) is 4.17. The Morgan fingerprint density at radius 3 is 2.65 bits per heavy atom. The van der Waals surface area contributed by atoms with Crippen molar-refractivity contribution in [3.8, 4) is 0 Å². The van der Waals surface area contributed by atoms with E-state index in [1.165, 1.54) is 43.2 Å². The van der Waals surface area contributed by atoms with Crippen LogP contribution in [0.4, 0.5) is 0 Å². The van der Waals surface area contributed by atoms with Gasteiger partial charge in [0.15, 0.2) is 0 Å². The summed E-state index contributed by atoms with van der Waals surface area (Å²) in [7, 11) is -2.85. The first-order valence-corrected chi connectivity index (χ1v) is 11.9. The molecule has 1 aliphatic carbocycles. The van der Waals surface area contributed by atoms with E-state index in [1.54, 1.807) is 4.88 Å². The zero-order chi connectivity index (χ0) is 16.3. The Morgan fingerprint density at radius 1 is 1.13 bits per heavy atom. The molecule has 2 heterocycles. The van der Waals surface area contributed by atoms with Crippen molar-refractivity contribution in [3.05, 3.63) is 21.9 Å². The summed E-state index contributed by atoms with van der Waals surface area (Å²) in [6.45, 7) is 3.04. The molecule has 1 aromatic heterocycles. The maximum absolute atomic E-state index is 11.5. The number of sulfone groups is 1. The van der Waals surface area contributed by atoms with Crippen LogP contribution in [0.25, 0.3) is 0 Å². The van der Waals surface area contributed by atoms with E-state index in [9.17, 15) is 8.42 Å². The molecule has 1 saturated heterocycles. The van der Waals surface area contributed by atoms with E-state index in [4.69, 9.17) is 0 Å². The molecule has 0 bridgehead atoms. The quantitative estimate of drug-likeness (QED) is 0.799. The summed E-state index contributed by atoms with van der Waals surface area (Å²) in [6.07, 6.45) is 10.4. The van der Waals surface area contributed by atoms with Gasteiger partial charge in [0.2, 0.25) is 0 Å². The molecule has 1 aliphatic heterocycles. The van der Waals surface area contributed by atoms with E-state index in [-0.39, 0.29) is 0 Å². The van der Waals surface area contributed by atoms with Gasteiger partial charge in [-0.15, -0.1) is 11.3 Å². The highest BCUT2D eigenvalue weighted by molar-refractivity contribution is 7.90. The lowest BCUT2D eigenvalue weighted by molar-refractivity contribution is 0.179. The second-order valence-corrected chi connectivity index (χ2v) is 10.9. The molecule has 1 aromatic rings. The minimum Gasteiger partial charge on any atom is -0.298 e. The smallest absolute Gasteiger partial charge is 0.147 e. The standard InChI is InChI=1S/C18H29NO2S2/c1-23(20,21)14-15-6-5-11-19(12-15)13-17-9-10-18(22-17)16-7-3-2-4-8-16/h9-10,15-16H,2-8,11-14H2,1H3. The van der Waals surface area contributed by atoms with Crippen LogP contribution in [-0.4, -0.2) is 38.4 Å². The van der Waals surface area contributed by atoms with Gasteiger partial charge < -0.3 is 0 Å². The fraction of sp³-hybridized carbons (Fsp3) is 0.778. The number of hydrogen-bond donors (Lipinski definition) is 0. The van der Waals surface area contributed by atoms with Crippen LogP contribution < -0.4 is 0 Å². The third-order valence-electron chi connectivity index (χ3n) is 5.21. The Morgan fingerprint density at radius 2 is 1.91 bits per heavy atom. The first kappa shape index (κ1) is 17.4. The van der Waals surface area contributed by atoms with Crippen molar-refractivity contribution in [1.29, 1.82) is 0 Å². The Balaban J connectivity index is 1.55. The Bertz CT molecular complexity index is 602. The minimum atomic E-state index is -2.85. The number of piperidine rings is 1. The molecule has 1 saturated carbocycles. The molecule has 0 spiro atoms. The van der Waals surface area contributed by atoms with E-state index in [2.05, 4.69) is 17.0 Å². The summed E-state index contributed by atoms with van der Waals surface area (Å²) < 4.78 is 23.1. The predicted octanol–water partition coefficient (Wildman–Crippen LogP) is 4.05. The molecule has 1 atom stereocenters. The highest BCUT2D eigenvalue weighted by Crippen LogP contribution is 2.36. The van der Waals surface area contributed by atoms with Crippen molar-refractivity contribution in [3.63, 3.8) is 0 Å². The Hall–Kier alpha value is -0.390. The lowest BCUT2D eigenvalue weighted by Crippen LogP contribution is -2.37. The van der Waals surface area contributed by atoms with E-state index < -0.39 is 9.84 Å². The molecule has 3 nitrogen and oxygen atoms in total. The molecule has 0 amide bonds. The molecule has 1 unspecified atom stereocenters. The number of thiophene rings is 1. The maximum atomic E-state index is 11.5. The van der Waals surface area contributed by atoms with Gasteiger partial charge in [-0.25, -0.2) is 8.42 Å². The minimum absolute atomic E-state index is 0.316. The molecule has 2 fully saturated rings. The molecule has 0 radical (unpaired) electrons. The van der Waals surface area contributed by atoms with Crippen molar-refractivity contribution in [2.75, 3.05) is 25.1 Å². The fourth-order valence-corrected chi connectivity index (χ4v) is 6.52. The van der Waals surface area contributed by atoms with Crippen LogP contribution in [0.2, 0.25) is 0 Å². The topological polar surface area (TPSA) is 37.4 Å². The summed E-state index contributed by atoms with van der Waals surface area (Å²) in [4.78, 5) is 5.48. The van der Waals surface area contributed by atoms with Gasteiger partial charge in [0, 0.05) is 29.1 Å². The number of likely N-dealkylation sites (tertiary alicyclic amines) is 1. The SMILES string of the molecule is CS(=O)(=O)CC1CCCN(Cc2ccc(C3CCCCC3)s2)C1. The third kappa shape index (κ3) is 5.30. The summed E-state index contributed by atoms with van der Waals surface area (Å²) >= 11 is 1.99. The third-order valence-corrected chi connectivity index (χ3v) is 7.52. The van der Waals surface area contributed by atoms with Crippen LogP contribution in [0.15, 0.2) is 12.1 Å². The van der Waals surface area contributed by atoms with E-state index in [0.717, 1.165) is 38.4 Å². The van der Waals surface area contributed by atoms with Crippen molar-refractivity contribution in [2.45, 2.75) is 57.4 Å². The normalized spacial score (nSPS) is 24.8. The van der Waals surface area contributed by atoms with Crippen LogP contribution in [-0.2, 0) is 16.4 Å². The average Bonchev–Trinajstić information content (AvgIpc) is 2.95. The van der Waals surface area contributed by atoms with E-state index in [0.29, 0.717) is 11.7 Å². The molecule has 5 heteroatoms. The van der Waals surface area contributed by atoms with Gasteiger partial charge in [-0.3, -0.25) is 4.90 Å². The van der Waals surface area contributed by atoms with Gasteiger partial charge in [-0.05, 0) is 56.2 Å². The molecule has 3 rings (SSSR count).